The molecule has 1 aromatic rings. The molecule has 0 spiro atoms. The van der Waals surface area contributed by atoms with Gasteiger partial charge < -0.3 is 4.90 Å². The van der Waals surface area contributed by atoms with Crippen molar-refractivity contribution >= 4 is 5.69 Å². The molecule has 2 nitrogen and oxygen atoms in total. The molecule has 0 bridgehead atoms. The lowest BCUT2D eigenvalue weighted by atomic mass is 9.96. The molecule has 0 fully saturated rings. The Kier molecular flexibility index (Phi) is 4.58. The molecular weight excluding hydrogens is 208 g/mol. The summed E-state index contributed by atoms with van der Waals surface area (Å²) in [7, 11) is 4.32. The van der Waals surface area contributed by atoms with Crippen molar-refractivity contribution in [1.82, 2.24) is 4.90 Å². The molecule has 96 valence electrons. The zero-order valence-corrected chi connectivity index (χ0v) is 12.1. The van der Waals surface area contributed by atoms with Gasteiger partial charge in [0, 0.05) is 19.3 Å². The van der Waals surface area contributed by atoms with Crippen molar-refractivity contribution < 1.29 is 0 Å². The summed E-state index contributed by atoms with van der Waals surface area (Å²) < 4.78 is 0. The first-order valence-corrected chi connectivity index (χ1v) is 6.24. The number of hydrogen-bond acceptors (Lipinski definition) is 2. The lowest BCUT2D eigenvalue weighted by molar-refractivity contribution is 0.229. The minimum absolute atomic E-state index is 0.350. The number of nitrogens with zero attached hydrogens (tertiary/aromatic N) is 2. The van der Waals surface area contributed by atoms with Crippen LogP contribution >= 0.6 is 0 Å². The van der Waals surface area contributed by atoms with E-state index in [1.54, 1.807) is 0 Å². The van der Waals surface area contributed by atoms with Crippen LogP contribution in [0.2, 0.25) is 0 Å². The van der Waals surface area contributed by atoms with Gasteiger partial charge in [-0.15, -0.1) is 0 Å². The molecule has 0 atom stereocenters. The molecule has 0 saturated heterocycles. The fraction of sp³-hybridized carbons (Fsp3) is 0.600. The fourth-order valence-corrected chi connectivity index (χ4v) is 2.10. The van der Waals surface area contributed by atoms with Gasteiger partial charge in [0.05, 0.1) is 6.67 Å². The predicted molar refractivity (Wildman–Crippen MR) is 76.5 cm³/mol. The van der Waals surface area contributed by atoms with Gasteiger partial charge in [0.1, 0.15) is 0 Å². The topological polar surface area (TPSA) is 6.48 Å². The molecule has 0 aliphatic heterocycles. The monoisotopic (exact) mass is 234 g/mol. The summed E-state index contributed by atoms with van der Waals surface area (Å²) in [5, 5.41) is 0. The molecule has 0 amide bonds. The third kappa shape index (κ3) is 5.22. The van der Waals surface area contributed by atoms with E-state index >= 15 is 0 Å². The molecule has 1 aromatic carbocycles. The van der Waals surface area contributed by atoms with Gasteiger partial charge in [-0.05, 0) is 31.5 Å². The zero-order valence-electron chi connectivity index (χ0n) is 12.1. The maximum absolute atomic E-state index is 2.36. The number of hydrogen-bond donors (Lipinski definition) is 0. The molecular formula is C15H26N2. The summed E-state index contributed by atoms with van der Waals surface area (Å²) >= 11 is 0. The van der Waals surface area contributed by atoms with Crippen LogP contribution in [-0.4, -0.2) is 32.2 Å². The Morgan fingerprint density at radius 1 is 1.00 bits per heavy atom. The van der Waals surface area contributed by atoms with Crippen LogP contribution in [-0.2, 0) is 0 Å². The zero-order chi connectivity index (χ0) is 13.1. The van der Waals surface area contributed by atoms with Gasteiger partial charge in [0.15, 0.2) is 0 Å². The molecule has 2 heteroatoms. The van der Waals surface area contributed by atoms with Crippen LogP contribution < -0.4 is 4.90 Å². The number of aryl methyl sites for hydroxylation is 1. The molecule has 17 heavy (non-hydrogen) atoms. The van der Waals surface area contributed by atoms with Gasteiger partial charge in [0.2, 0.25) is 0 Å². The first kappa shape index (κ1) is 14.0. The van der Waals surface area contributed by atoms with Crippen LogP contribution in [0.3, 0.4) is 0 Å². The molecule has 0 radical (unpaired) electrons. The Morgan fingerprint density at radius 2 is 1.53 bits per heavy atom. The van der Waals surface area contributed by atoms with E-state index < -0.39 is 0 Å². The summed E-state index contributed by atoms with van der Waals surface area (Å²) in [5.74, 6) is 0. The second kappa shape index (κ2) is 5.54. The maximum Gasteiger partial charge on any atom is 0.0701 e. The van der Waals surface area contributed by atoms with E-state index in [1.807, 2.05) is 0 Å². The van der Waals surface area contributed by atoms with Gasteiger partial charge in [-0.1, -0.05) is 38.5 Å². The van der Waals surface area contributed by atoms with Crippen LogP contribution in [0.5, 0.6) is 0 Å². The third-order valence-corrected chi connectivity index (χ3v) is 2.67. The van der Waals surface area contributed by atoms with E-state index in [4.69, 9.17) is 0 Å². The van der Waals surface area contributed by atoms with Crippen molar-refractivity contribution in [3.05, 3.63) is 29.8 Å². The van der Waals surface area contributed by atoms with Gasteiger partial charge in [0.25, 0.3) is 0 Å². The Hall–Kier alpha value is -1.02. The Bertz CT molecular complexity index is 335. The second-order valence-corrected chi connectivity index (χ2v) is 6.25. The lowest BCUT2D eigenvalue weighted by Gasteiger charge is -2.31. The summed E-state index contributed by atoms with van der Waals surface area (Å²) in [5.41, 5.74) is 2.93. The number of anilines is 1. The molecule has 0 N–H and O–H groups in total. The fourth-order valence-electron chi connectivity index (χ4n) is 2.10. The highest BCUT2D eigenvalue weighted by molar-refractivity contribution is 5.46. The highest BCUT2D eigenvalue weighted by Gasteiger charge is 2.14. The van der Waals surface area contributed by atoms with Crippen molar-refractivity contribution in [2.75, 3.05) is 32.2 Å². The average Bonchev–Trinajstić information content (AvgIpc) is 2.15. The van der Waals surface area contributed by atoms with E-state index in [1.165, 1.54) is 11.3 Å². The molecule has 1 rings (SSSR count). The van der Waals surface area contributed by atoms with Gasteiger partial charge in [-0.2, -0.15) is 0 Å². The molecule has 0 unspecified atom stereocenters. The van der Waals surface area contributed by atoms with Gasteiger partial charge >= 0.3 is 0 Å². The molecule has 0 aromatic heterocycles. The lowest BCUT2D eigenvalue weighted by Crippen LogP contribution is -2.37. The minimum atomic E-state index is 0.350. The SMILES string of the molecule is Cc1ccc(N(C)CN(C)CC(C)(C)C)cc1. The van der Waals surface area contributed by atoms with Crippen molar-refractivity contribution in [1.29, 1.82) is 0 Å². The van der Waals surface area contributed by atoms with Gasteiger partial charge in [-0.25, -0.2) is 0 Å². The summed E-state index contributed by atoms with van der Waals surface area (Å²) in [6.45, 7) is 11.0. The number of benzene rings is 1. The van der Waals surface area contributed by atoms with Crippen LogP contribution in [0.25, 0.3) is 0 Å². The molecule has 0 heterocycles. The largest absolute Gasteiger partial charge is 0.362 e. The van der Waals surface area contributed by atoms with Crippen molar-refractivity contribution in [2.45, 2.75) is 27.7 Å². The maximum atomic E-state index is 2.36. The van der Waals surface area contributed by atoms with E-state index in [0.29, 0.717) is 5.41 Å². The minimum Gasteiger partial charge on any atom is -0.362 e. The Balaban J connectivity index is 2.54. The summed E-state index contributed by atoms with van der Waals surface area (Å²) in [4.78, 5) is 4.64. The van der Waals surface area contributed by atoms with E-state index in [9.17, 15) is 0 Å². The summed E-state index contributed by atoms with van der Waals surface area (Å²) in [6.07, 6.45) is 0. The van der Waals surface area contributed by atoms with Crippen molar-refractivity contribution in [3.63, 3.8) is 0 Å². The van der Waals surface area contributed by atoms with Crippen LogP contribution in [0.4, 0.5) is 5.69 Å². The third-order valence-electron chi connectivity index (χ3n) is 2.67. The standard InChI is InChI=1S/C15H26N2/c1-13-7-9-14(10-8-13)17(6)12-16(5)11-15(2,3)4/h7-10H,11-12H2,1-6H3. The van der Waals surface area contributed by atoms with Crippen LogP contribution in [0.1, 0.15) is 26.3 Å². The highest BCUT2D eigenvalue weighted by atomic mass is 15.3. The quantitative estimate of drug-likeness (QED) is 0.737. The Morgan fingerprint density at radius 3 is 2.00 bits per heavy atom. The van der Waals surface area contributed by atoms with Crippen LogP contribution in [0.15, 0.2) is 24.3 Å². The van der Waals surface area contributed by atoms with Crippen molar-refractivity contribution in [3.8, 4) is 0 Å². The molecule has 0 saturated carbocycles. The number of rotatable bonds is 4. The first-order chi connectivity index (χ1) is 7.78. The highest BCUT2D eigenvalue weighted by Crippen LogP contribution is 2.17. The first-order valence-electron chi connectivity index (χ1n) is 6.24. The van der Waals surface area contributed by atoms with Gasteiger partial charge in [-0.3, -0.25) is 4.90 Å². The molecule has 0 aliphatic carbocycles. The second-order valence-electron chi connectivity index (χ2n) is 6.25. The van der Waals surface area contributed by atoms with Crippen molar-refractivity contribution in [2.24, 2.45) is 5.41 Å². The van der Waals surface area contributed by atoms with E-state index in [2.05, 4.69) is 75.9 Å². The normalized spacial score (nSPS) is 11.9. The molecule has 0 aliphatic rings. The predicted octanol–water partition coefficient (Wildman–Crippen LogP) is 3.37. The smallest absolute Gasteiger partial charge is 0.0701 e. The Labute approximate surface area is 106 Å². The average molecular weight is 234 g/mol. The van der Waals surface area contributed by atoms with Crippen LogP contribution in [0, 0.1) is 12.3 Å². The van der Waals surface area contributed by atoms with E-state index in [-0.39, 0.29) is 0 Å². The van der Waals surface area contributed by atoms with E-state index in [0.717, 1.165) is 13.2 Å². The summed E-state index contributed by atoms with van der Waals surface area (Å²) in [6, 6.07) is 8.69.